The van der Waals surface area contributed by atoms with Crippen LogP contribution in [0.5, 0.6) is 5.88 Å². The van der Waals surface area contributed by atoms with Gasteiger partial charge in [-0.15, -0.1) is 0 Å². The second kappa shape index (κ2) is 15.2. The summed E-state index contributed by atoms with van der Waals surface area (Å²) in [6.07, 6.45) is 2.47. The maximum atomic E-state index is 13.5. The summed E-state index contributed by atoms with van der Waals surface area (Å²) in [5, 5.41) is 5.65. The number of nitrogens with zero attached hydrogens (tertiary/aromatic N) is 5. The smallest absolute Gasteiger partial charge is 0.340 e. The Kier molecular flexibility index (Phi) is 10.2. The van der Waals surface area contributed by atoms with Crippen molar-refractivity contribution in [3.05, 3.63) is 125 Å². The molecular weight excluding hydrogens is 753 g/mol. The van der Waals surface area contributed by atoms with E-state index in [0.717, 1.165) is 57.4 Å². The van der Waals surface area contributed by atoms with Gasteiger partial charge >= 0.3 is 5.97 Å². The van der Waals surface area contributed by atoms with Crippen molar-refractivity contribution < 1.29 is 19.1 Å². The van der Waals surface area contributed by atoms with Crippen LogP contribution in [0.1, 0.15) is 44.6 Å². The zero-order valence-corrected chi connectivity index (χ0v) is 34.6. The van der Waals surface area contributed by atoms with Gasteiger partial charge in [-0.3, -0.25) is 4.79 Å². The molecule has 0 saturated carbocycles. The van der Waals surface area contributed by atoms with E-state index in [1.165, 1.54) is 16.7 Å². The van der Waals surface area contributed by atoms with E-state index in [9.17, 15) is 9.59 Å². The molecule has 292 valence electrons. The molecule has 0 saturated heterocycles. The maximum Gasteiger partial charge on any atom is 0.340 e. The Hall–Kier alpha value is -5.86. The minimum absolute atomic E-state index is 0.00324. The largest absolute Gasteiger partial charge is 0.471 e. The van der Waals surface area contributed by atoms with Crippen LogP contribution in [0.2, 0.25) is 12.6 Å². The second-order valence-electron chi connectivity index (χ2n) is 15.2. The lowest BCUT2D eigenvalue weighted by molar-refractivity contribution is -0.118. The Morgan fingerprint density at radius 3 is 2.26 bits per heavy atom. The Morgan fingerprint density at radius 2 is 1.58 bits per heavy atom. The predicted molar refractivity (Wildman–Crippen MR) is 230 cm³/mol. The normalized spacial score (nSPS) is 17.8. The molecule has 6 aromatic rings. The third-order valence-corrected chi connectivity index (χ3v) is 16.7. The van der Waals surface area contributed by atoms with Crippen molar-refractivity contribution in [1.29, 1.82) is 0 Å². The molecule has 2 aliphatic heterocycles. The number of aromatic amines is 1. The molecule has 8 rings (SSSR count). The van der Waals surface area contributed by atoms with Crippen molar-refractivity contribution in [2.24, 2.45) is 0 Å². The molecule has 0 atom stereocenters. The molecule has 4 heterocycles. The number of ether oxygens (including phenoxy) is 2. The van der Waals surface area contributed by atoms with Gasteiger partial charge in [0.25, 0.3) is 0 Å². The highest BCUT2D eigenvalue weighted by atomic mass is 32.2. The molecule has 4 aromatic carbocycles. The molecule has 1 amide bonds. The summed E-state index contributed by atoms with van der Waals surface area (Å²) >= 11 is 1.66. The molecule has 0 aliphatic carbocycles. The zero-order valence-electron chi connectivity index (χ0n) is 32.8. The fourth-order valence-electron chi connectivity index (χ4n) is 8.10. The van der Waals surface area contributed by atoms with Gasteiger partial charge in [-0.05, 0) is 70.0 Å². The summed E-state index contributed by atoms with van der Waals surface area (Å²) in [5.41, 5.74) is 13.6. The summed E-state index contributed by atoms with van der Waals surface area (Å²) in [6, 6.07) is 30.0. The number of fused-ring (bicyclic) bond motifs is 7. The van der Waals surface area contributed by atoms with Crippen LogP contribution in [0, 0.1) is 0 Å². The molecule has 4 N–H and O–H groups in total. The molecule has 1 spiro atoms. The van der Waals surface area contributed by atoms with Crippen LogP contribution in [0.3, 0.4) is 0 Å². The fraction of sp³-hybridized carbons (Fsp3) is 0.279. The van der Waals surface area contributed by atoms with Gasteiger partial charge in [-0.1, -0.05) is 61.1 Å². The van der Waals surface area contributed by atoms with Gasteiger partial charge in [0.15, 0.2) is 16.8 Å². The number of carbonyl (C=O) groups excluding carboxylic acids is 2. The first-order chi connectivity index (χ1) is 27.5. The number of imidazole rings is 1. The van der Waals surface area contributed by atoms with Crippen molar-refractivity contribution >= 4 is 70.6 Å². The van der Waals surface area contributed by atoms with Crippen molar-refractivity contribution in [3.8, 4) is 5.88 Å². The van der Waals surface area contributed by atoms with Crippen molar-refractivity contribution in [2.45, 2.75) is 37.8 Å². The third kappa shape index (κ3) is 6.97. The number of hydrogen-bond acceptors (Lipinski definition) is 11. The van der Waals surface area contributed by atoms with Crippen LogP contribution in [0.15, 0.2) is 91.3 Å². The van der Waals surface area contributed by atoms with Crippen molar-refractivity contribution in [2.75, 3.05) is 55.2 Å². The van der Waals surface area contributed by atoms with Gasteiger partial charge in [0.1, 0.15) is 14.7 Å². The quantitative estimate of drug-likeness (QED) is 0.0818. The van der Waals surface area contributed by atoms with Crippen LogP contribution >= 0.6 is 11.8 Å². The number of H-pyrrole nitrogens is 1. The fourth-order valence-corrected chi connectivity index (χ4v) is 13.5. The van der Waals surface area contributed by atoms with Gasteiger partial charge in [0.2, 0.25) is 17.7 Å². The summed E-state index contributed by atoms with van der Waals surface area (Å²) in [6.45, 7) is 3.18. The van der Waals surface area contributed by atoms with Crippen molar-refractivity contribution in [3.63, 3.8) is 0 Å². The van der Waals surface area contributed by atoms with Gasteiger partial charge in [0.05, 0.1) is 17.6 Å². The highest BCUT2D eigenvalue weighted by Gasteiger charge is 2.57. The minimum Gasteiger partial charge on any atom is -0.471 e. The Labute approximate surface area is 337 Å². The monoisotopic (exact) mass is 798 g/mol. The summed E-state index contributed by atoms with van der Waals surface area (Å²) in [4.78, 5) is 46.2. The number of aromatic nitrogens is 4. The standard InChI is InChI=1S/C43H46N8O4SSi/c1-50(2)29-15-17-33-35(21-29)57(5,36-22-30(51(3)4)16-18-34(36)43(33)32-10-7-6-9-31(32)41(53)55-43)20-8-19-56-25-37(52)45-23-27-11-13-28(14-12-27)24-54-40-38-39(47-26-46-38)48-42(44)49-40/h6-7,9-18,21-22,26H,8,19-20,23-25H2,1-5H3,(H,45,52)(H3,44,46,47,48,49). The molecule has 12 nitrogen and oxygen atoms in total. The number of benzene rings is 4. The van der Waals surface area contributed by atoms with E-state index < -0.39 is 13.7 Å². The van der Waals surface area contributed by atoms with E-state index in [-0.39, 0.29) is 24.4 Å². The average Bonchev–Trinajstić information content (AvgIpc) is 3.81. The van der Waals surface area contributed by atoms with E-state index in [4.69, 9.17) is 15.2 Å². The van der Waals surface area contributed by atoms with Crippen LogP contribution in [-0.4, -0.2) is 79.6 Å². The summed E-state index contributed by atoms with van der Waals surface area (Å²) in [7, 11) is 5.82. The highest BCUT2D eigenvalue weighted by Crippen LogP contribution is 2.49. The van der Waals surface area contributed by atoms with E-state index >= 15 is 0 Å². The molecule has 2 aliphatic rings. The van der Waals surface area contributed by atoms with E-state index in [0.29, 0.717) is 34.9 Å². The topological polar surface area (TPSA) is 152 Å². The Balaban J connectivity index is 0.931. The molecular formula is C43H46N8O4SSi. The first-order valence-electron chi connectivity index (χ1n) is 19.0. The van der Waals surface area contributed by atoms with Crippen LogP contribution in [0.25, 0.3) is 11.2 Å². The van der Waals surface area contributed by atoms with E-state index in [1.807, 2.05) is 48.5 Å². The average molecular weight is 799 g/mol. The van der Waals surface area contributed by atoms with Crippen LogP contribution < -0.4 is 36.0 Å². The Bertz CT molecular complexity index is 2430. The van der Waals surface area contributed by atoms with Crippen LogP contribution in [-0.2, 0) is 28.3 Å². The van der Waals surface area contributed by atoms with Crippen LogP contribution in [0.4, 0.5) is 17.3 Å². The first-order valence-corrected chi connectivity index (χ1v) is 22.8. The lowest BCUT2D eigenvalue weighted by Crippen LogP contribution is -2.65. The highest BCUT2D eigenvalue weighted by molar-refractivity contribution is 7.99. The number of carbonyl (C=O) groups is 2. The van der Waals surface area contributed by atoms with E-state index in [2.05, 4.69) is 106 Å². The first kappa shape index (κ1) is 38.0. The molecule has 0 bridgehead atoms. The minimum atomic E-state index is -2.43. The number of nitrogen functional groups attached to an aromatic ring is 1. The number of anilines is 3. The number of thioether (sulfide) groups is 1. The maximum absolute atomic E-state index is 13.5. The molecule has 0 radical (unpaired) electrons. The third-order valence-electron chi connectivity index (χ3n) is 11.1. The lowest BCUT2D eigenvalue weighted by atomic mass is 9.79. The number of esters is 1. The summed E-state index contributed by atoms with van der Waals surface area (Å²) in [5.74, 6) is 1.38. The SMILES string of the molecule is CN(C)c1ccc2c(c1)[Si](C)(CCCSCC(=O)NCc1ccc(COc3nc(N)nc4[nH]cnc34)cc1)c1cc(N(C)C)ccc1C21OC(=O)c2ccccc21. The molecule has 57 heavy (non-hydrogen) atoms. The number of amides is 1. The predicted octanol–water partition coefficient (Wildman–Crippen LogP) is 5.05. The van der Waals surface area contributed by atoms with Gasteiger partial charge in [-0.2, -0.15) is 21.7 Å². The number of nitrogens with two attached hydrogens (primary N) is 1. The zero-order chi connectivity index (χ0) is 39.9. The second-order valence-corrected chi connectivity index (χ2v) is 20.6. The number of rotatable bonds is 13. The molecule has 0 unspecified atom stereocenters. The molecule has 0 fully saturated rings. The molecule has 14 heteroatoms. The van der Waals surface area contributed by atoms with Gasteiger partial charge in [-0.25, -0.2) is 9.78 Å². The van der Waals surface area contributed by atoms with Gasteiger partial charge in [0, 0.05) is 62.8 Å². The number of nitrogens with one attached hydrogen (secondary N) is 2. The summed E-state index contributed by atoms with van der Waals surface area (Å²) < 4.78 is 12.5. The molecule has 2 aromatic heterocycles. The Morgan fingerprint density at radius 1 is 0.912 bits per heavy atom. The van der Waals surface area contributed by atoms with Crippen molar-refractivity contribution in [1.82, 2.24) is 25.3 Å². The number of hydrogen-bond donors (Lipinski definition) is 3. The van der Waals surface area contributed by atoms with E-state index in [1.54, 1.807) is 11.8 Å². The lowest BCUT2D eigenvalue weighted by Gasteiger charge is -2.46. The van der Waals surface area contributed by atoms with Gasteiger partial charge < -0.3 is 35.3 Å².